The molecule has 0 radical (unpaired) electrons. The number of hydrogen-bond acceptors (Lipinski definition) is 5. The van der Waals surface area contributed by atoms with Crippen molar-refractivity contribution in [2.75, 3.05) is 24.2 Å². The number of nitrogen functional groups attached to an aromatic ring is 1. The van der Waals surface area contributed by atoms with Crippen LogP contribution in [0.4, 0.5) is 11.5 Å². The molecular formula is C13H19N5O. The van der Waals surface area contributed by atoms with E-state index in [0.717, 1.165) is 31.0 Å². The first kappa shape index (κ1) is 13.2. The van der Waals surface area contributed by atoms with Crippen molar-refractivity contribution >= 4 is 11.5 Å². The summed E-state index contributed by atoms with van der Waals surface area (Å²) in [5.74, 6) is 2.20. The van der Waals surface area contributed by atoms with Gasteiger partial charge < -0.3 is 20.8 Å². The van der Waals surface area contributed by atoms with Gasteiger partial charge in [-0.2, -0.15) is 4.98 Å². The van der Waals surface area contributed by atoms with Gasteiger partial charge in [-0.3, -0.25) is 0 Å². The van der Waals surface area contributed by atoms with Crippen molar-refractivity contribution in [1.82, 2.24) is 15.0 Å². The standard InChI is InChI=1S/C13H19N5O/c1-2-9-19-13-10(14)3-4-12(18-13)15-6-5-11-16-7-8-17-11/h3-4,7-8H,2,5-6,9,14H2,1H3,(H,15,18)(H,16,17). The first-order valence-electron chi connectivity index (χ1n) is 6.41. The van der Waals surface area contributed by atoms with Crippen molar-refractivity contribution < 1.29 is 4.74 Å². The molecular weight excluding hydrogens is 242 g/mol. The second kappa shape index (κ2) is 6.63. The number of nitrogens with two attached hydrogens (primary N) is 1. The Bertz CT molecular complexity index is 498. The molecule has 0 saturated heterocycles. The smallest absolute Gasteiger partial charge is 0.239 e. The molecule has 0 bridgehead atoms. The highest BCUT2D eigenvalue weighted by Crippen LogP contribution is 2.20. The number of imidazole rings is 1. The first-order chi connectivity index (χ1) is 9.29. The van der Waals surface area contributed by atoms with Crippen LogP contribution >= 0.6 is 0 Å². The van der Waals surface area contributed by atoms with Crippen molar-refractivity contribution in [2.45, 2.75) is 19.8 Å². The molecule has 0 aliphatic rings. The van der Waals surface area contributed by atoms with Crippen LogP contribution in [0.25, 0.3) is 0 Å². The highest BCUT2D eigenvalue weighted by atomic mass is 16.5. The normalized spacial score (nSPS) is 10.4. The minimum absolute atomic E-state index is 0.491. The summed E-state index contributed by atoms with van der Waals surface area (Å²) in [6, 6.07) is 3.64. The Balaban J connectivity index is 1.89. The summed E-state index contributed by atoms with van der Waals surface area (Å²) >= 11 is 0. The molecule has 0 spiro atoms. The lowest BCUT2D eigenvalue weighted by Crippen LogP contribution is -2.09. The summed E-state index contributed by atoms with van der Waals surface area (Å²) in [5, 5.41) is 3.22. The Labute approximate surface area is 112 Å². The summed E-state index contributed by atoms with van der Waals surface area (Å²) in [5.41, 5.74) is 6.37. The average Bonchev–Trinajstić information content (AvgIpc) is 2.92. The number of aromatic amines is 1. The van der Waals surface area contributed by atoms with E-state index in [0.29, 0.717) is 18.2 Å². The van der Waals surface area contributed by atoms with Crippen LogP contribution in [0.3, 0.4) is 0 Å². The molecule has 0 atom stereocenters. The maximum Gasteiger partial charge on any atom is 0.239 e. The molecule has 2 aromatic rings. The highest BCUT2D eigenvalue weighted by Gasteiger charge is 2.04. The van der Waals surface area contributed by atoms with E-state index < -0.39 is 0 Å². The summed E-state index contributed by atoms with van der Waals surface area (Å²) in [4.78, 5) is 11.6. The lowest BCUT2D eigenvalue weighted by Gasteiger charge is -2.10. The van der Waals surface area contributed by atoms with E-state index in [1.54, 1.807) is 12.3 Å². The van der Waals surface area contributed by atoms with Crippen LogP contribution in [0.2, 0.25) is 0 Å². The Morgan fingerprint density at radius 3 is 3.05 bits per heavy atom. The zero-order valence-corrected chi connectivity index (χ0v) is 11.0. The van der Waals surface area contributed by atoms with Gasteiger partial charge in [-0.25, -0.2) is 4.98 Å². The van der Waals surface area contributed by atoms with E-state index in [-0.39, 0.29) is 0 Å². The minimum atomic E-state index is 0.491. The number of nitrogens with one attached hydrogen (secondary N) is 2. The predicted octanol–water partition coefficient (Wildman–Crippen LogP) is 1.83. The lowest BCUT2D eigenvalue weighted by atomic mass is 10.3. The van der Waals surface area contributed by atoms with Crippen LogP contribution in [0.1, 0.15) is 19.2 Å². The fourth-order valence-electron chi connectivity index (χ4n) is 1.61. The Morgan fingerprint density at radius 2 is 2.32 bits per heavy atom. The van der Waals surface area contributed by atoms with Gasteiger partial charge in [0.15, 0.2) is 0 Å². The summed E-state index contributed by atoms with van der Waals surface area (Å²) < 4.78 is 5.48. The molecule has 2 heterocycles. The first-order valence-corrected chi connectivity index (χ1v) is 6.41. The lowest BCUT2D eigenvalue weighted by molar-refractivity contribution is 0.307. The van der Waals surface area contributed by atoms with Gasteiger partial charge in [-0.15, -0.1) is 0 Å². The summed E-state index contributed by atoms with van der Waals surface area (Å²) in [6.45, 7) is 3.41. The zero-order chi connectivity index (χ0) is 13.5. The fraction of sp³-hybridized carbons (Fsp3) is 0.385. The van der Waals surface area contributed by atoms with Gasteiger partial charge in [0.05, 0.1) is 12.3 Å². The van der Waals surface area contributed by atoms with Gasteiger partial charge in [-0.05, 0) is 18.6 Å². The maximum atomic E-state index is 5.81. The molecule has 19 heavy (non-hydrogen) atoms. The van der Waals surface area contributed by atoms with Crippen LogP contribution in [0, 0.1) is 0 Å². The quantitative estimate of drug-likeness (QED) is 0.707. The Hall–Kier alpha value is -2.24. The Morgan fingerprint density at radius 1 is 1.42 bits per heavy atom. The molecule has 6 heteroatoms. The molecule has 0 amide bonds. The van der Waals surface area contributed by atoms with Crippen LogP contribution < -0.4 is 15.8 Å². The molecule has 2 rings (SSSR count). The molecule has 0 saturated carbocycles. The minimum Gasteiger partial charge on any atom is -0.476 e. The van der Waals surface area contributed by atoms with Crippen molar-refractivity contribution in [3.8, 4) is 5.88 Å². The molecule has 0 fully saturated rings. The van der Waals surface area contributed by atoms with E-state index in [1.807, 2.05) is 19.2 Å². The van der Waals surface area contributed by atoms with Crippen LogP contribution in [0.5, 0.6) is 5.88 Å². The van der Waals surface area contributed by atoms with Crippen molar-refractivity contribution in [3.63, 3.8) is 0 Å². The van der Waals surface area contributed by atoms with Gasteiger partial charge in [0, 0.05) is 25.4 Å². The molecule has 0 aliphatic heterocycles. The molecule has 6 nitrogen and oxygen atoms in total. The van der Waals surface area contributed by atoms with E-state index in [2.05, 4.69) is 20.3 Å². The second-order valence-corrected chi connectivity index (χ2v) is 4.15. The number of pyridine rings is 1. The fourth-order valence-corrected chi connectivity index (χ4v) is 1.61. The highest BCUT2D eigenvalue weighted by molar-refractivity contribution is 5.53. The predicted molar refractivity (Wildman–Crippen MR) is 75.2 cm³/mol. The number of rotatable bonds is 7. The molecule has 0 unspecified atom stereocenters. The van der Waals surface area contributed by atoms with Crippen LogP contribution in [0.15, 0.2) is 24.5 Å². The zero-order valence-electron chi connectivity index (χ0n) is 11.0. The summed E-state index contributed by atoms with van der Waals surface area (Å²) in [6.07, 6.45) is 5.29. The molecule has 2 aromatic heterocycles. The number of hydrogen-bond donors (Lipinski definition) is 3. The van der Waals surface area contributed by atoms with E-state index in [4.69, 9.17) is 10.5 Å². The van der Waals surface area contributed by atoms with Gasteiger partial charge in [-0.1, -0.05) is 6.92 Å². The summed E-state index contributed by atoms with van der Waals surface area (Å²) in [7, 11) is 0. The number of ether oxygens (including phenoxy) is 1. The number of nitrogens with zero attached hydrogens (tertiary/aromatic N) is 2. The third-order valence-corrected chi connectivity index (χ3v) is 2.56. The van der Waals surface area contributed by atoms with Crippen molar-refractivity contribution in [1.29, 1.82) is 0 Å². The van der Waals surface area contributed by atoms with Crippen LogP contribution in [-0.2, 0) is 6.42 Å². The molecule has 4 N–H and O–H groups in total. The van der Waals surface area contributed by atoms with Gasteiger partial charge >= 0.3 is 0 Å². The maximum absolute atomic E-state index is 5.81. The second-order valence-electron chi connectivity index (χ2n) is 4.15. The third-order valence-electron chi connectivity index (χ3n) is 2.56. The van der Waals surface area contributed by atoms with Crippen LogP contribution in [-0.4, -0.2) is 28.1 Å². The molecule has 0 aromatic carbocycles. The largest absolute Gasteiger partial charge is 0.476 e. The topological polar surface area (TPSA) is 88.8 Å². The monoisotopic (exact) mass is 261 g/mol. The van der Waals surface area contributed by atoms with Gasteiger partial charge in [0.25, 0.3) is 0 Å². The van der Waals surface area contributed by atoms with Crippen molar-refractivity contribution in [2.24, 2.45) is 0 Å². The Kier molecular flexibility index (Phi) is 4.60. The van der Waals surface area contributed by atoms with Crippen molar-refractivity contribution in [3.05, 3.63) is 30.4 Å². The number of aromatic nitrogens is 3. The third kappa shape index (κ3) is 3.87. The number of H-pyrrole nitrogens is 1. The average molecular weight is 261 g/mol. The SMILES string of the molecule is CCCOc1nc(NCCc2ncc[nH]2)ccc1N. The number of anilines is 2. The van der Waals surface area contributed by atoms with E-state index in [1.165, 1.54) is 0 Å². The van der Waals surface area contributed by atoms with E-state index in [9.17, 15) is 0 Å². The van der Waals surface area contributed by atoms with Gasteiger partial charge in [0.2, 0.25) is 5.88 Å². The van der Waals surface area contributed by atoms with Gasteiger partial charge in [0.1, 0.15) is 11.6 Å². The molecule has 0 aliphatic carbocycles. The van der Waals surface area contributed by atoms with E-state index >= 15 is 0 Å². The molecule has 102 valence electrons.